The lowest BCUT2D eigenvalue weighted by atomic mass is 9.96. The van der Waals surface area contributed by atoms with Crippen LogP contribution in [-0.2, 0) is 6.42 Å². The number of aliphatic imine (C=N–C) groups is 1. The van der Waals surface area contributed by atoms with E-state index in [1.54, 1.807) is 29.7 Å². The summed E-state index contributed by atoms with van der Waals surface area (Å²) in [6, 6.07) is 6.40. The Balaban J connectivity index is 2.00. The Bertz CT molecular complexity index is 1200. The van der Waals surface area contributed by atoms with E-state index in [4.69, 9.17) is 21.3 Å². The summed E-state index contributed by atoms with van der Waals surface area (Å²) in [5.74, 6) is 6.07. The molecule has 3 heterocycles. The third-order valence-corrected chi connectivity index (χ3v) is 6.01. The maximum atomic E-state index is 14.2. The number of fused-ring (bicyclic) bond motifs is 5. The monoisotopic (exact) mass is 438 g/mol. The molecule has 160 valence electrons. The van der Waals surface area contributed by atoms with Crippen molar-refractivity contribution in [3.63, 3.8) is 0 Å². The highest BCUT2D eigenvalue weighted by atomic mass is 32.1. The number of nitrogens with zero attached hydrogens (tertiary/aromatic N) is 4. The summed E-state index contributed by atoms with van der Waals surface area (Å²) in [6.07, 6.45) is 1.57. The molecule has 0 unspecified atom stereocenters. The maximum absolute atomic E-state index is 14.2. The van der Waals surface area contributed by atoms with Crippen LogP contribution in [0, 0.1) is 12.7 Å². The average Bonchev–Trinajstić information content (AvgIpc) is 3.11. The number of pyridine rings is 1. The molecule has 1 aromatic carbocycles. The molecule has 0 radical (unpaired) electrons. The number of nitrogens with two attached hydrogens (primary N) is 2. The van der Waals surface area contributed by atoms with E-state index in [0.717, 1.165) is 21.1 Å². The molecule has 7 nitrogen and oxygen atoms in total. The summed E-state index contributed by atoms with van der Waals surface area (Å²) in [5.41, 5.74) is 10.2. The molecule has 1 atom stereocenters. The van der Waals surface area contributed by atoms with E-state index in [0.29, 0.717) is 41.3 Å². The zero-order valence-corrected chi connectivity index (χ0v) is 18.3. The first kappa shape index (κ1) is 20.9. The highest BCUT2D eigenvalue weighted by Crippen LogP contribution is 2.37. The van der Waals surface area contributed by atoms with Crippen LogP contribution in [0.2, 0.25) is 0 Å². The molecule has 4 N–H and O–H groups in total. The average molecular weight is 439 g/mol. The van der Waals surface area contributed by atoms with Crippen molar-refractivity contribution >= 4 is 28.6 Å². The standard InChI is InChI=1S/C22H23FN6OS/c1-4-26-20-13-7-18(22(24)27-10-13)30-11(2)16-8-14(23)5-6-15(16)21-19(9-17(20)29-25)31-12(3)28-21/h5-8,10-11H,4,9,25H2,1-3H3,(H2,24,27)/t11-/m1/s1. The van der Waals surface area contributed by atoms with Crippen molar-refractivity contribution in [2.24, 2.45) is 15.9 Å². The SMILES string of the molecule is CCN=C1C(=NN)Cc2sc(C)nc2-c2ccc(F)cc2[C@@H](C)Oc2cc1cnc2N. The number of aromatic nitrogens is 2. The van der Waals surface area contributed by atoms with Gasteiger partial charge in [-0.1, -0.05) is 0 Å². The van der Waals surface area contributed by atoms with Crippen molar-refractivity contribution in [2.45, 2.75) is 33.3 Å². The van der Waals surface area contributed by atoms with Crippen molar-refractivity contribution in [3.05, 3.63) is 57.3 Å². The van der Waals surface area contributed by atoms with Crippen molar-refractivity contribution < 1.29 is 9.13 Å². The van der Waals surface area contributed by atoms with Gasteiger partial charge < -0.3 is 16.3 Å². The fourth-order valence-electron chi connectivity index (χ4n) is 3.67. The summed E-state index contributed by atoms with van der Waals surface area (Å²) < 4.78 is 20.3. The quantitative estimate of drug-likeness (QED) is 0.440. The van der Waals surface area contributed by atoms with Crippen molar-refractivity contribution in [1.29, 1.82) is 0 Å². The van der Waals surface area contributed by atoms with Crippen LogP contribution in [0.4, 0.5) is 10.2 Å². The van der Waals surface area contributed by atoms with E-state index < -0.39 is 6.10 Å². The number of aryl methyl sites for hydroxylation is 1. The molecule has 0 saturated heterocycles. The Morgan fingerprint density at radius 2 is 2.13 bits per heavy atom. The number of anilines is 1. The zero-order chi connectivity index (χ0) is 22.1. The third-order valence-electron chi connectivity index (χ3n) is 5.04. The van der Waals surface area contributed by atoms with E-state index in [9.17, 15) is 4.39 Å². The molecule has 0 amide bonds. The van der Waals surface area contributed by atoms with Gasteiger partial charge in [0.15, 0.2) is 11.6 Å². The van der Waals surface area contributed by atoms with Gasteiger partial charge in [-0.05, 0) is 45.0 Å². The Hall–Kier alpha value is -3.33. The molecule has 4 rings (SSSR count). The highest BCUT2D eigenvalue weighted by Gasteiger charge is 2.25. The lowest BCUT2D eigenvalue weighted by Gasteiger charge is -2.21. The third kappa shape index (κ3) is 4.00. The molecule has 0 fully saturated rings. The van der Waals surface area contributed by atoms with Crippen LogP contribution in [0.25, 0.3) is 11.3 Å². The molecule has 31 heavy (non-hydrogen) atoms. The normalized spacial score (nSPS) is 18.6. The van der Waals surface area contributed by atoms with Crippen LogP contribution in [0.15, 0.2) is 40.6 Å². The number of halogens is 1. The molecular weight excluding hydrogens is 415 g/mol. The minimum absolute atomic E-state index is 0.234. The second-order valence-corrected chi connectivity index (χ2v) is 8.47. The number of nitrogen functional groups attached to an aromatic ring is 1. The Labute approximate surface area is 183 Å². The molecular formula is C22H23FN6OS. The van der Waals surface area contributed by atoms with Crippen molar-refractivity contribution in [1.82, 2.24) is 9.97 Å². The maximum Gasteiger partial charge on any atom is 0.166 e. The largest absolute Gasteiger partial charge is 0.482 e. The highest BCUT2D eigenvalue weighted by molar-refractivity contribution is 7.12. The van der Waals surface area contributed by atoms with Gasteiger partial charge in [-0.25, -0.2) is 14.4 Å². The smallest absolute Gasteiger partial charge is 0.166 e. The van der Waals surface area contributed by atoms with Gasteiger partial charge in [0.2, 0.25) is 0 Å². The number of hydrogen-bond acceptors (Lipinski definition) is 8. The van der Waals surface area contributed by atoms with Crippen molar-refractivity contribution in [2.75, 3.05) is 12.3 Å². The molecule has 1 aliphatic heterocycles. The van der Waals surface area contributed by atoms with Crippen LogP contribution in [0.3, 0.4) is 0 Å². The summed E-state index contributed by atoms with van der Waals surface area (Å²) in [5, 5.41) is 4.94. The number of rotatable bonds is 1. The first-order valence-electron chi connectivity index (χ1n) is 9.91. The number of ether oxygens (including phenoxy) is 1. The first-order valence-corrected chi connectivity index (χ1v) is 10.7. The Morgan fingerprint density at radius 3 is 2.87 bits per heavy atom. The van der Waals surface area contributed by atoms with Crippen LogP contribution < -0.4 is 16.3 Å². The number of hydrogen-bond donors (Lipinski definition) is 2. The topological polar surface area (TPSA) is 112 Å². The van der Waals surface area contributed by atoms with Gasteiger partial charge >= 0.3 is 0 Å². The van der Waals surface area contributed by atoms with Crippen LogP contribution >= 0.6 is 11.3 Å². The molecule has 0 saturated carbocycles. The van der Waals surface area contributed by atoms with Gasteiger partial charge in [0, 0.05) is 40.7 Å². The molecule has 3 aromatic rings. The lowest BCUT2D eigenvalue weighted by Crippen LogP contribution is -2.22. The minimum Gasteiger partial charge on any atom is -0.482 e. The molecule has 2 bridgehead atoms. The summed E-state index contributed by atoms with van der Waals surface area (Å²) in [6.45, 7) is 6.27. The second kappa shape index (κ2) is 8.43. The lowest BCUT2D eigenvalue weighted by molar-refractivity contribution is 0.227. The van der Waals surface area contributed by atoms with Gasteiger partial charge in [0.25, 0.3) is 0 Å². The first-order chi connectivity index (χ1) is 14.9. The molecule has 0 spiro atoms. The Morgan fingerprint density at radius 1 is 1.32 bits per heavy atom. The van der Waals surface area contributed by atoms with Gasteiger partial charge in [-0.3, -0.25) is 4.99 Å². The van der Waals surface area contributed by atoms with E-state index in [2.05, 4.69) is 15.1 Å². The fraction of sp³-hybridized carbons (Fsp3) is 0.273. The van der Waals surface area contributed by atoms with Crippen molar-refractivity contribution in [3.8, 4) is 17.0 Å². The van der Waals surface area contributed by atoms with E-state index >= 15 is 0 Å². The van der Waals surface area contributed by atoms with E-state index in [-0.39, 0.29) is 11.6 Å². The summed E-state index contributed by atoms with van der Waals surface area (Å²) in [4.78, 5) is 14.6. The Kier molecular flexibility index (Phi) is 5.69. The van der Waals surface area contributed by atoms with Gasteiger partial charge in [0.1, 0.15) is 11.9 Å². The molecule has 1 aliphatic rings. The van der Waals surface area contributed by atoms with Crippen LogP contribution in [0.1, 0.15) is 41.0 Å². The molecule has 2 aromatic heterocycles. The summed E-state index contributed by atoms with van der Waals surface area (Å²) in [7, 11) is 0. The number of thiazole rings is 1. The van der Waals surface area contributed by atoms with Gasteiger partial charge in [0.05, 0.1) is 22.1 Å². The van der Waals surface area contributed by atoms with Crippen LogP contribution in [0.5, 0.6) is 5.75 Å². The fourth-order valence-corrected chi connectivity index (χ4v) is 4.62. The van der Waals surface area contributed by atoms with E-state index in [1.165, 1.54) is 12.1 Å². The zero-order valence-electron chi connectivity index (χ0n) is 17.5. The van der Waals surface area contributed by atoms with Gasteiger partial charge in [-0.15, -0.1) is 11.3 Å². The van der Waals surface area contributed by atoms with E-state index in [1.807, 2.05) is 20.8 Å². The predicted molar refractivity (Wildman–Crippen MR) is 122 cm³/mol. The second-order valence-electron chi connectivity index (χ2n) is 7.18. The predicted octanol–water partition coefficient (Wildman–Crippen LogP) is 4.05. The molecule has 9 heteroatoms. The van der Waals surface area contributed by atoms with Gasteiger partial charge in [-0.2, -0.15) is 5.10 Å². The molecule has 0 aliphatic carbocycles. The minimum atomic E-state index is -0.492. The number of benzene rings is 1. The number of hydrazone groups is 1. The summed E-state index contributed by atoms with van der Waals surface area (Å²) >= 11 is 1.55. The van der Waals surface area contributed by atoms with Crippen LogP contribution in [-0.4, -0.2) is 27.9 Å².